The summed E-state index contributed by atoms with van der Waals surface area (Å²) in [5, 5.41) is 6.29. The van der Waals surface area contributed by atoms with Crippen LogP contribution >= 0.6 is 22.7 Å². The number of piperazine rings is 1. The van der Waals surface area contributed by atoms with Gasteiger partial charge in [0.15, 0.2) is 0 Å². The number of rotatable bonds is 2. The molecule has 1 aliphatic heterocycles. The second-order valence-electron chi connectivity index (χ2n) is 4.96. The van der Waals surface area contributed by atoms with Crippen molar-refractivity contribution in [2.75, 3.05) is 19.6 Å². The van der Waals surface area contributed by atoms with E-state index in [0.29, 0.717) is 0 Å². The molecule has 2 aromatic rings. The third-order valence-electron chi connectivity index (χ3n) is 3.48. The fourth-order valence-corrected chi connectivity index (χ4v) is 4.19. The van der Waals surface area contributed by atoms with Crippen LogP contribution in [0, 0.1) is 6.92 Å². The van der Waals surface area contributed by atoms with Crippen LogP contribution in [0.25, 0.3) is 9.88 Å². The lowest BCUT2D eigenvalue weighted by Crippen LogP contribution is -2.52. The van der Waals surface area contributed by atoms with Crippen LogP contribution in [0.4, 0.5) is 0 Å². The van der Waals surface area contributed by atoms with Crippen molar-refractivity contribution in [2.24, 2.45) is 0 Å². The number of nitrogens with zero attached hydrogens (tertiary/aromatic N) is 2. The van der Waals surface area contributed by atoms with Gasteiger partial charge in [0.05, 0.1) is 10.6 Å². The van der Waals surface area contributed by atoms with Gasteiger partial charge in [0.1, 0.15) is 9.88 Å². The quantitative estimate of drug-likeness (QED) is 0.927. The summed E-state index contributed by atoms with van der Waals surface area (Å²) in [6, 6.07) is 4.30. The Morgan fingerprint density at radius 2 is 2.40 bits per heavy atom. The molecular formula is C14H17N3OS2. The topological polar surface area (TPSA) is 45.2 Å². The maximum absolute atomic E-state index is 12.7. The Morgan fingerprint density at radius 3 is 3.10 bits per heavy atom. The van der Waals surface area contributed by atoms with Gasteiger partial charge in [0.25, 0.3) is 5.91 Å². The maximum atomic E-state index is 12.7. The molecule has 3 rings (SSSR count). The van der Waals surface area contributed by atoms with Crippen molar-refractivity contribution in [3.8, 4) is 9.88 Å². The van der Waals surface area contributed by atoms with E-state index in [1.54, 1.807) is 11.3 Å². The third-order valence-corrected chi connectivity index (χ3v) is 5.67. The van der Waals surface area contributed by atoms with Gasteiger partial charge in [-0.3, -0.25) is 4.79 Å². The molecule has 20 heavy (non-hydrogen) atoms. The number of carbonyl (C=O) groups excluding carboxylic acids is 1. The molecule has 1 amide bonds. The molecule has 6 heteroatoms. The molecule has 2 aromatic heterocycles. The SMILES string of the molecule is Cc1nc(-c2cccs2)sc1C(=O)N1CCNC[C@H]1C. The van der Waals surface area contributed by atoms with Crippen molar-refractivity contribution in [1.29, 1.82) is 0 Å². The van der Waals surface area contributed by atoms with E-state index in [1.807, 2.05) is 29.3 Å². The van der Waals surface area contributed by atoms with Gasteiger partial charge in [0.2, 0.25) is 0 Å². The van der Waals surface area contributed by atoms with E-state index in [9.17, 15) is 4.79 Å². The number of hydrogen-bond donors (Lipinski definition) is 1. The molecule has 0 unspecified atom stereocenters. The molecule has 0 radical (unpaired) electrons. The number of nitrogens with one attached hydrogen (secondary N) is 1. The molecule has 0 bridgehead atoms. The van der Waals surface area contributed by atoms with E-state index < -0.39 is 0 Å². The predicted octanol–water partition coefficient (Wildman–Crippen LogP) is 2.61. The molecule has 1 fully saturated rings. The van der Waals surface area contributed by atoms with Crippen molar-refractivity contribution < 1.29 is 4.79 Å². The summed E-state index contributed by atoms with van der Waals surface area (Å²) in [6.45, 7) is 6.51. The first-order valence-corrected chi connectivity index (χ1v) is 8.39. The van der Waals surface area contributed by atoms with Gasteiger partial charge < -0.3 is 10.2 Å². The lowest BCUT2D eigenvalue weighted by atomic mass is 10.2. The highest BCUT2D eigenvalue weighted by molar-refractivity contribution is 7.22. The number of aromatic nitrogens is 1. The predicted molar refractivity (Wildman–Crippen MR) is 83.5 cm³/mol. The molecule has 0 aliphatic carbocycles. The van der Waals surface area contributed by atoms with Gasteiger partial charge in [-0.15, -0.1) is 22.7 Å². The van der Waals surface area contributed by atoms with E-state index in [4.69, 9.17) is 0 Å². The van der Waals surface area contributed by atoms with Gasteiger partial charge in [-0.2, -0.15) is 0 Å². The summed E-state index contributed by atoms with van der Waals surface area (Å²) < 4.78 is 0. The van der Waals surface area contributed by atoms with Gasteiger partial charge >= 0.3 is 0 Å². The van der Waals surface area contributed by atoms with Crippen molar-refractivity contribution in [3.63, 3.8) is 0 Å². The van der Waals surface area contributed by atoms with Crippen LogP contribution in [0.1, 0.15) is 22.3 Å². The van der Waals surface area contributed by atoms with Gasteiger partial charge in [0, 0.05) is 25.7 Å². The minimum atomic E-state index is 0.122. The zero-order valence-electron chi connectivity index (χ0n) is 11.5. The Labute approximate surface area is 126 Å². The van der Waals surface area contributed by atoms with Crippen molar-refractivity contribution in [3.05, 3.63) is 28.1 Å². The Morgan fingerprint density at radius 1 is 1.55 bits per heavy atom. The molecule has 1 aliphatic rings. The molecule has 0 aromatic carbocycles. The molecular weight excluding hydrogens is 290 g/mol. The average Bonchev–Trinajstić information content (AvgIpc) is 3.07. The Hall–Kier alpha value is -1.24. The highest BCUT2D eigenvalue weighted by Crippen LogP contribution is 2.32. The van der Waals surface area contributed by atoms with Crippen LogP contribution in [-0.2, 0) is 0 Å². The number of amides is 1. The average molecular weight is 307 g/mol. The maximum Gasteiger partial charge on any atom is 0.266 e. The summed E-state index contributed by atoms with van der Waals surface area (Å²) in [5.74, 6) is 0.122. The zero-order valence-corrected chi connectivity index (χ0v) is 13.2. The number of thiazole rings is 1. The zero-order chi connectivity index (χ0) is 14.1. The highest BCUT2D eigenvalue weighted by atomic mass is 32.1. The Balaban J connectivity index is 1.88. The Bertz CT molecular complexity index is 606. The minimum absolute atomic E-state index is 0.122. The van der Waals surface area contributed by atoms with E-state index >= 15 is 0 Å². The van der Waals surface area contributed by atoms with Gasteiger partial charge in [-0.1, -0.05) is 6.07 Å². The first-order chi connectivity index (χ1) is 9.66. The van der Waals surface area contributed by atoms with Gasteiger partial charge in [-0.25, -0.2) is 4.98 Å². The van der Waals surface area contributed by atoms with Crippen molar-refractivity contribution >= 4 is 28.6 Å². The summed E-state index contributed by atoms with van der Waals surface area (Å²) in [4.78, 5) is 21.1. The smallest absolute Gasteiger partial charge is 0.266 e. The number of aryl methyl sites for hydroxylation is 1. The molecule has 1 atom stereocenters. The summed E-state index contributed by atoms with van der Waals surface area (Å²) in [7, 11) is 0. The van der Waals surface area contributed by atoms with E-state index in [1.165, 1.54) is 11.3 Å². The van der Waals surface area contributed by atoms with Crippen LogP contribution in [-0.4, -0.2) is 41.5 Å². The van der Waals surface area contributed by atoms with E-state index in [-0.39, 0.29) is 11.9 Å². The summed E-state index contributed by atoms with van der Waals surface area (Å²) in [5.41, 5.74) is 0.842. The largest absolute Gasteiger partial charge is 0.333 e. The molecule has 0 spiro atoms. The van der Waals surface area contributed by atoms with E-state index in [2.05, 4.69) is 17.2 Å². The van der Waals surface area contributed by atoms with Crippen LogP contribution in [0.3, 0.4) is 0 Å². The molecule has 3 heterocycles. The van der Waals surface area contributed by atoms with Crippen LogP contribution < -0.4 is 5.32 Å². The normalized spacial score (nSPS) is 19.3. The second-order valence-corrected chi connectivity index (χ2v) is 6.91. The molecule has 0 saturated carbocycles. The fraction of sp³-hybridized carbons (Fsp3) is 0.429. The van der Waals surface area contributed by atoms with E-state index in [0.717, 1.165) is 40.1 Å². The van der Waals surface area contributed by atoms with Crippen molar-refractivity contribution in [1.82, 2.24) is 15.2 Å². The van der Waals surface area contributed by atoms with Crippen molar-refractivity contribution in [2.45, 2.75) is 19.9 Å². The monoisotopic (exact) mass is 307 g/mol. The molecule has 1 N–H and O–H groups in total. The summed E-state index contributed by atoms with van der Waals surface area (Å²) >= 11 is 3.17. The van der Waals surface area contributed by atoms with Crippen LogP contribution in [0.15, 0.2) is 17.5 Å². The minimum Gasteiger partial charge on any atom is -0.333 e. The lowest BCUT2D eigenvalue weighted by Gasteiger charge is -2.33. The number of hydrogen-bond acceptors (Lipinski definition) is 5. The molecule has 4 nitrogen and oxygen atoms in total. The Kier molecular flexibility index (Phi) is 3.87. The van der Waals surface area contributed by atoms with Crippen LogP contribution in [0.5, 0.6) is 0 Å². The van der Waals surface area contributed by atoms with Gasteiger partial charge in [-0.05, 0) is 25.3 Å². The summed E-state index contributed by atoms with van der Waals surface area (Å²) in [6.07, 6.45) is 0. The van der Waals surface area contributed by atoms with Crippen LogP contribution in [0.2, 0.25) is 0 Å². The standard InChI is InChI=1S/C14H17N3OS2/c1-9-8-15-5-6-17(9)14(18)12-10(2)16-13(20-12)11-4-3-7-19-11/h3-4,7,9,15H,5-6,8H2,1-2H3/t9-/m1/s1. The number of thiophene rings is 1. The molecule has 106 valence electrons. The second kappa shape index (κ2) is 5.63. The highest BCUT2D eigenvalue weighted by Gasteiger charge is 2.27. The fourth-order valence-electron chi connectivity index (χ4n) is 2.37. The lowest BCUT2D eigenvalue weighted by molar-refractivity contribution is 0.0660. The first-order valence-electron chi connectivity index (χ1n) is 6.70. The number of carbonyl (C=O) groups is 1. The third kappa shape index (κ3) is 2.51. The first kappa shape index (κ1) is 13.7. The molecule has 1 saturated heterocycles.